The van der Waals surface area contributed by atoms with Crippen LogP contribution in [0.1, 0.15) is 29.3 Å². The van der Waals surface area contributed by atoms with Gasteiger partial charge in [-0.25, -0.2) is 0 Å². The van der Waals surface area contributed by atoms with E-state index in [9.17, 15) is 9.59 Å². The molecule has 0 fully saturated rings. The first-order valence-corrected chi connectivity index (χ1v) is 7.56. The lowest BCUT2D eigenvalue weighted by Gasteiger charge is -2.18. The van der Waals surface area contributed by atoms with Gasteiger partial charge in [0.05, 0.1) is 0 Å². The summed E-state index contributed by atoms with van der Waals surface area (Å²) in [5, 5.41) is 0. The van der Waals surface area contributed by atoms with Crippen molar-refractivity contribution < 1.29 is 9.59 Å². The van der Waals surface area contributed by atoms with Crippen LogP contribution in [0.15, 0.2) is 66.7 Å². The summed E-state index contributed by atoms with van der Waals surface area (Å²) in [7, 11) is 0. The minimum absolute atomic E-state index is 0.0393. The van der Waals surface area contributed by atoms with E-state index < -0.39 is 0 Å². The molecule has 3 rings (SSSR count). The second-order valence-electron chi connectivity index (χ2n) is 5.76. The summed E-state index contributed by atoms with van der Waals surface area (Å²) in [6.45, 7) is 1.91. The summed E-state index contributed by atoms with van der Waals surface area (Å²) in [4.78, 5) is 24.6. The Labute approximate surface area is 130 Å². The summed E-state index contributed by atoms with van der Waals surface area (Å²) < 4.78 is 0. The van der Waals surface area contributed by atoms with E-state index in [0.717, 1.165) is 11.1 Å². The number of Topliss-reactive ketones (excluding diaryl/α,β-unsaturated/α-hetero) is 1. The Balaban J connectivity index is 1.87. The molecular weight excluding hydrogens is 272 g/mol. The summed E-state index contributed by atoms with van der Waals surface area (Å²) in [6, 6.07) is 19.1. The van der Waals surface area contributed by atoms with Gasteiger partial charge in [0.1, 0.15) is 0 Å². The van der Waals surface area contributed by atoms with Crippen molar-refractivity contribution in [2.75, 3.05) is 0 Å². The van der Waals surface area contributed by atoms with Crippen LogP contribution in [0.5, 0.6) is 0 Å². The van der Waals surface area contributed by atoms with Gasteiger partial charge in [-0.05, 0) is 17.2 Å². The van der Waals surface area contributed by atoms with Crippen molar-refractivity contribution in [1.29, 1.82) is 0 Å². The number of carbonyl (C=O) groups is 2. The van der Waals surface area contributed by atoms with Gasteiger partial charge in [0.25, 0.3) is 0 Å². The lowest BCUT2D eigenvalue weighted by molar-refractivity contribution is -0.117. The highest BCUT2D eigenvalue weighted by molar-refractivity contribution is 6.06. The first-order chi connectivity index (χ1) is 10.7. The van der Waals surface area contributed by atoms with Crippen molar-refractivity contribution in [3.8, 4) is 0 Å². The van der Waals surface area contributed by atoms with E-state index >= 15 is 0 Å². The third-order valence-corrected chi connectivity index (χ3v) is 4.36. The maximum Gasteiger partial charge on any atom is 0.163 e. The fourth-order valence-corrected chi connectivity index (χ4v) is 3.02. The molecule has 0 saturated carbocycles. The monoisotopic (exact) mass is 290 g/mol. The van der Waals surface area contributed by atoms with Crippen molar-refractivity contribution in [1.82, 2.24) is 0 Å². The lowest BCUT2D eigenvalue weighted by Crippen LogP contribution is -2.17. The van der Waals surface area contributed by atoms with Gasteiger partial charge in [0, 0.05) is 23.8 Å². The zero-order valence-corrected chi connectivity index (χ0v) is 12.5. The lowest BCUT2D eigenvalue weighted by atomic mass is 9.83. The number of hydrogen-bond donors (Lipinski definition) is 0. The predicted octanol–water partition coefficient (Wildman–Crippen LogP) is 4.18. The van der Waals surface area contributed by atoms with Crippen LogP contribution in [0.3, 0.4) is 0 Å². The third-order valence-electron chi connectivity index (χ3n) is 4.36. The molecule has 2 aromatic carbocycles. The highest BCUT2D eigenvalue weighted by atomic mass is 16.1. The number of benzene rings is 2. The normalized spacial score (nSPS) is 20.8. The summed E-state index contributed by atoms with van der Waals surface area (Å²) in [5.41, 5.74) is 2.73. The molecule has 0 aromatic heterocycles. The highest BCUT2D eigenvalue weighted by Crippen LogP contribution is 2.38. The fourth-order valence-electron chi connectivity index (χ4n) is 3.02. The van der Waals surface area contributed by atoms with Gasteiger partial charge < -0.3 is 0 Å². The van der Waals surface area contributed by atoms with Crippen LogP contribution in [-0.2, 0) is 4.79 Å². The van der Waals surface area contributed by atoms with Crippen molar-refractivity contribution in [3.05, 3.63) is 77.9 Å². The molecule has 2 atom stereocenters. The van der Waals surface area contributed by atoms with E-state index in [4.69, 9.17) is 0 Å². The van der Waals surface area contributed by atoms with Crippen LogP contribution < -0.4 is 0 Å². The Bertz CT molecular complexity index is 714. The van der Waals surface area contributed by atoms with E-state index in [-0.39, 0.29) is 23.4 Å². The van der Waals surface area contributed by atoms with E-state index in [1.54, 1.807) is 6.08 Å². The van der Waals surface area contributed by atoms with E-state index in [1.165, 1.54) is 0 Å². The summed E-state index contributed by atoms with van der Waals surface area (Å²) in [6.07, 6.45) is 2.08. The molecule has 1 aliphatic carbocycles. The van der Waals surface area contributed by atoms with Crippen LogP contribution in [0.25, 0.3) is 5.57 Å². The van der Waals surface area contributed by atoms with Crippen molar-refractivity contribution in [2.45, 2.75) is 13.3 Å². The smallest absolute Gasteiger partial charge is 0.163 e. The molecule has 0 amide bonds. The van der Waals surface area contributed by atoms with Crippen LogP contribution in [0.2, 0.25) is 0 Å². The molecule has 22 heavy (non-hydrogen) atoms. The molecule has 2 heteroatoms. The van der Waals surface area contributed by atoms with Crippen LogP contribution in [0.4, 0.5) is 0 Å². The number of hydrogen-bond acceptors (Lipinski definition) is 2. The Morgan fingerprint density at radius 1 is 0.955 bits per heavy atom. The zero-order valence-electron chi connectivity index (χ0n) is 12.5. The molecule has 0 bridgehead atoms. The van der Waals surface area contributed by atoms with Gasteiger partial charge in [-0.2, -0.15) is 0 Å². The first kappa shape index (κ1) is 14.5. The molecule has 0 aliphatic heterocycles. The maximum atomic E-state index is 12.5. The first-order valence-electron chi connectivity index (χ1n) is 7.56. The molecule has 0 N–H and O–H groups in total. The number of ketones is 2. The second-order valence-corrected chi connectivity index (χ2v) is 5.76. The minimum Gasteiger partial charge on any atom is -0.295 e. The molecule has 0 spiro atoms. The number of rotatable bonds is 4. The van der Waals surface area contributed by atoms with Gasteiger partial charge in [0.2, 0.25) is 0 Å². The zero-order chi connectivity index (χ0) is 15.5. The van der Waals surface area contributed by atoms with Crippen LogP contribution >= 0.6 is 0 Å². The Kier molecular flexibility index (Phi) is 4.01. The molecule has 2 unspecified atom stereocenters. The van der Waals surface area contributed by atoms with Crippen molar-refractivity contribution >= 4 is 17.1 Å². The topological polar surface area (TPSA) is 34.1 Å². The number of allylic oxidation sites excluding steroid dienone is 2. The molecular formula is C20H18O2. The Hall–Kier alpha value is -2.48. The Morgan fingerprint density at radius 2 is 1.55 bits per heavy atom. The van der Waals surface area contributed by atoms with Gasteiger partial charge in [-0.3, -0.25) is 9.59 Å². The third kappa shape index (κ3) is 2.77. The average molecular weight is 290 g/mol. The molecule has 0 radical (unpaired) electrons. The van der Waals surface area contributed by atoms with Gasteiger partial charge in [-0.1, -0.05) is 67.6 Å². The van der Waals surface area contributed by atoms with Gasteiger partial charge in [0.15, 0.2) is 11.6 Å². The SMILES string of the molecule is CC1C(=O)C=C(c2ccccc2)C1CC(=O)c1ccccc1. The van der Waals surface area contributed by atoms with E-state index in [0.29, 0.717) is 12.0 Å². The van der Waals surface area contributed by atoms with Crippen LogP contribution in [0, 0.1) is 11.8 Å². The highest BCUT2D eigenvalue weighted by Gasteiger charge is 2.34. The average Bonchev–Trinajstić information content (AvgIpc) is 2.85. The fraction of sp³-hybridized carbons (Fsp3) is 0.200. The summed E-state index contributed by atoms with van der Waals surface area (Å²) in [5.74, 6) is 0.0316. The minimum atomic E-state index is -0.136. The van der Waals surface area contributed by atoms with Crippen LogP contribution in [-0.4, -0.2) is 11.6 Å². The second kappa shape index (κ2) is 6.10. The quantitative estimate of drug-likeness (QED) is 0.792. The largest absolute Gasteiger partial charge is 0.295 e. The molecule has 0 saturated heterocycles. The van der Waals surface area contributed by atoms with E-state index in [1.807, 2.05) is 67.6 Å². The standard InChI is InChI=1S/C20H18O2/c1-14-17(12-20(22)16-10-6-3-7-11-16)18(13-19(14)21)15-8-4-2-5-9-15/h2-11,13-14,17H,12H2,1H3. The Morgan fingerprint density at radius 3 is 2.18 bits per heavy atom. The molecule has 110 valence electrons. The van der Waals surface area contributed by atoms with E-state index in [2.05, 4.69) is 0 Å². The molecule has 1 aliphatic rings. The molecule has 2 aromatic rings. The molecule has 0 heterocycles. The van der Waals surface area contributed by atoms with Gasteiger partial charge in [-0.15, -0.1) is 0 Å². The van der Waals surface area contributed by atoms with Gasteiger partial charge >= 0.3 is 0 Å². The van der Waals surface area contributed by atoms with Crippen molar-refractivity contribution in [3.63, 3.8) is 0 Å². The van der Waals surface area contributed by atoms with Crippen molar-refractivity contribution in [2.24, 2.45) is 11.8 Å². The maximum absolute atomic E-state index is 12.5. The predicted molar refractivity (Wildman–Crippen MR) is 87.5 cm³/mol. The number of carbonyl (C=O) groups excluding carboxylic acids is 2. The molecule has 2 nitrogen and oxygen atoms in total. The summed E-state index contributed by atoms with van der Waals surface area (Å²) >= 11 is 0.